The van der Waals surface area contributed by atoms with Crippen molar-refractivity contribution in [3.8, 4) is 0 Å². The number of esters is 1. The quantitative estimate of drug-likeness (QED) is 0.0271. The molecule has 2 unspecified atom stereocenters. The summed E-state index contributed by atoms with van der Waals surface area (Å²) in [6, 6.07) is 0. The number of phosphoric acid groups is 1. The summed E-state index contributed by atoms with van der Waals surface area (Å²) in [6.45, 7) is 4.74. The molecule has 3 N–H and O–H groups in total. The third-order valence-electron chi connectivity index (χ3n) is 9.11. The van der Waals surface area contributed by atoms with Gasteiger partial charge in [-0.2, -0.15) is 0 Å². The summed E-state index contributed by atoms with van der Waals surface area (Å²) in [4.78, 5) is 22.5. The first kappa shape index (κ1) is 53.9. The van der Waals surface area contributed by atoms with Crippen LogP contribution in [-0.2, 0) is 27.9 Å². The van der Waals surface area contributed by atoms with E-state index in [0.29, 0.717) is 13.0 Å². The van der Waals surface area contributed by atoms with E-state index in [9.17, 15) is 14.3 Å². The SMILES string of the molecule is CC/C=C\C/C=C\C/C=C\C/C=C\C/C=C\CCCCCC(=O)OC(COCCCCCCCCCC/C=C\CCCCCCCC)COP(=O)(O)OCCN. The van der Waals surface area contributed by atoms with Crippen LogP contribution in [0.4, 0.5) is 0 Å². The fourth-order valence-electron chi connectivity index (χ4n) is 5.84. The number of carbonyl (C=O) groups is 1. The van der Waals surface area contributed by atoms with Crippen LogP contribution in [0.3, 0.4) is 0 Å². The standard InChI is InChI=1S/C47H84NO7P/c1-3-5-7-9-11-13-15-17-19-21-23-24-26-28-30-32-34-36-38-40-47(49)55-46(45-54-56(50,51)53-43-41-48)44-52-42-39-37-35-33-31-29-27-25-22-20-18-16-14-12-10-8-6-4-2/h5,7,11,13,17-20,23-24,28,30,46H,3-4,6,8-10,12,14-16,21-22,25-27,29,31-45,48H2,1-2H3,(H,50,51)/b7-5-,13-11-,19-17-,20-18-,24-23-,30-28-. The molecule has 56 heavy (non-hydrogen) atoms. The van der Waals surface area contributed by atoms with Crippen molar-refractivity contribution in [1.82, 2.24) is 0 Å². The molecule has 0 aromatic carbocycles. The number of rotatable bonds is 42. The lowest BCUT2D eigenvalue weighted by Gasteiger charge is -2.20. The Bertz CT molecular complexity index is 1080. The third kappa shape index (κ3) is 43.1. The molecule has 0 bridgehead atoms. The summed E-state index contributed by atoms with van der Waals surface area (Å²) in [6.07, 6.45) is 54.9. The molecule has 0 aromatic rings. The Hall–Kier alpha value is -2.06. The van der Waals surface area contributed by atoms with Gasteiger partial charge < -0.3 is 20.1 Å². The smallest absolute Gasteiger partial charge is 0.457 e. The van der Waals surface area contributed by atoms with Crippen molar-refractivity contribution >= 4 is 13.8 Å². The van der Waals surface area contributed by atoms with Crippen LogP contribution in [0.1, 0.15) is 181 Å². The maximum atomic E-state index is 12.6. The molecule has 0 aliphatic rings. The van der Waals surface area contributed by atoms with E-state index in [0.717, 1.165) is 64.2 Å². The Balaban J connectivity index is 4.10. The zero-order chi connectivity index (χ0) is 40.9. The Morgan fingerprint density at radius 2 is 1.00 bits per heavy atom. The van der Waals surface area contributed by atoms with Crippen LogP contribution in [0.2, 0.25) is 0 Å². The Morgan fingerprint density at radius 3 is 1.52 bits per heavy atom. The molecule has 0 amide bonds. The van der Waals surface area contributed by atoms with Crippen LogP contribution >= 0.6 is 7.82 Å². The molecule has 0 aliphatic carbocycles. The predicted octanol–water partition coefficient (Wildman–Crippen LogP) is 13.5. The third-order valence-corrected chi connectivity index (χ3v) is 10.1. The molecule has 0 radical (unpaired) electrons. The van der Waals surface area contributed by atoms with E-state index >= 15 is 0 Å². The average molecular weight is 806 g/mol. The summed E-state index contributed by atoms with van der Waals surface area (Å²) in [7, 11) is -4.29. The molecule has 0 heterocycles. The molecule has 0 spiro atoms. The molecule has 8 nitrogen and oxygen atoms in total. The second-order valence-corrected chi connectivity index (χ2v) is 16.0. The maximum absolute atomic E-state index is 12.6. The zero-order valence-electron chi connectivity index (χ0n) is 35.8. The minimum atomic E-state index is -4.29. The second-order valence-electron chi connectivity index (χ2n) is 14.5. The zero-order valence-corrected chi connectivity index (χ0v) is 36.7. The maximum Gasteiger partial charge on any atom is 0.472 e. The number of unbranched alkanes of at least 4 members (excludes halogenated alkanes) is 17. The lowest BCUT2D eigenvalue weighted by Crippen LogP contribution is -2.28. The first-order valence-electron chi connectivity index (χ1n) is 22.4. The molecular weight excluding hydrogens is 721 g/mol. The molecule has 2 atom stereocenters. The highest BCUT2D eigenvalue weighted by Gasteiger charge is 2.25. The van der Waals surface area contributed by atoms with Gasteiger partial charge in [0.05, 0.1) is 19.8 Å². The van der Waals surface area contributed by atoms with Gasteiger partial charge in [0.15, 0.2) is 0 Å². The van der Waals surface area contributed by atoms with E-state index in [1.807, 2.05) is 0 Å². The van der Waals surface area contributed by atoms with Crippen molar-refractivity contribution in [3.05, 3.63) is 72.9 Å². The van der Waals surface area contributed by atoms with Crippen LogP contribution in [-0.4, -0.2) is 49.9 Å². The van der Waals surface area contributed by atoms with Crippen molar-refractivity contribution in [2.75, 3.05) is 33.0 Å². The lowest BCUT2D eigenvalue weighted by atomic mass is 10.1. The van der Waals surface area contributed by atoms with Gasteiger partial charge in [0, 0.05) is 19.6 Å². The number of allylic oxidation sites excluding steroid dienone is 12. The molecule has 0 fully saturated rings. The highest BCUT2D eigenvalue weighted by molar-refractivity contribution is 7.47. The van der Waals surface area contributed by atoms with E-state index in [4.69, 9.17) is 24.3 Å². The van der Waals surface area contributed by atoms with E-state index in [1.54, 1.807) is 0 Å². The fourth-order valence-corrected chi connectivity index (χ4v) is 6.61. The monoisotopic (exact) mass is 806 g/mol. The number of hydrogen-bond donors (Lipinski definition) is 2. The summed E-state index contributed by atoms with van der Waals surface area (Å²) in [5, 5.41) is 0. The van der Waals surface area contributed by atoms with Crippen molar-refractivity contribution in [2.24, 2.45) is 5.73 Å². The van der Waals surface area contributed by atoms with E-state index in [1.165, 1.54) is 89.9 Å². The Morgan fingerprint density at radius 1 is 0.554 bits per heavy atom. The van der Waals surface area contributed by atoms with Crippen LogP contribution in [0.15, 0.2) is 72.9 Å². The molecular formula is C47H84NO7P. The van der Waals surface area contributed by atoms with Gasteiger partial charge in [-0.15, -0.1) is 0 Å². The molecule has 324 valence electrons. The topological polar surface area (TPSA) is 117 Å². The van der Waals surface area contributed by atoms with Gasteiger partial charge in [0.2, 0.25) is 0 Å². The van der Waals surface area contributed by atoms with Gasteiger partial charge in [-0.1, -0.05) is 164 Å². The minimum Gasteiger partial charge on any atom is -0.457 e. The van der Waals surface area contributed by atoms with Crippen molar-refractivity contribution in [2.45, 2.75) is 187 Å². The molecule has 0 aliphatic heterocycles. The molecule has 0 aromatic heterocycles. The van der Waals surface area contributed by atoms with Crippen molar-refractivity contribution < 1.29 is 32.8 Å². The first-order chi connectivity index (χ1) is 27.4. The van der Waals surface area contributed by atoms with E-state index in [-0.39, 0.29) is 38.8 Å². The van der Waals surface area contributed by atoms with Gasteiger partial charge in [0.25, 0.3) is 0 Å². The molecule has 0 saturated carbocycles. The van der Waals surface area contributed by atoms with Gasteiger partial charge in [-0.25, -0.2) is 4.57 Å². The van der Waals surface area contributed by atoms with Gasteiger partial charge in [-0.05, 0) is 83.5 Å². The highest BCUT2D eigenvalue weighted by Crippen LogP contribution is 2.43. The fraction of sp³-hybridized carbons (Fsp3) is 0.723. The normalized spacial score (nSPS) is 14.1. The number of phosphoric ester groups is 1. The number of hydrogen-bond acceptors (Lipinski definition) is 7. The molecule has 0 rings (SSSR count). The van der Waals surface area contributed by atoms with Gasteiger partial charge >= 0.3 is 13.8 Å². The van der Waals surface area contributed by atoms with Crippen LogP contribution < -0.4 is 5.73 Å². The Kier molecular flexibility index (Phi) is 42.4. The second kappa shape index (κ2) is 44.1. The number of nitrogens with two attached hydrogens (primary N) is 1. The summed E-state index contributed by atoms with van der Waals surface area (Å²) >= 11 is 0. The van der Waals surface area contributed by atoms with Crippen LogP contribution in [0.5, 0.6) is 0 Å². The average Bonchev–Trinajstić information content (AvgIpc) is 3.19. The van der Waals surface area contributed by atoms with Crippen LogP contribution in [0, 0.1) is 0 Å². The molecule has 0 saturated heterocycles. The van der Waals surface area contributed by atoms with Crippen molar-refractivity contribution in [1.29, 1.82) is 0 Å². The molecule has 9 heteroatoms. The van der Waals surface area contributed by atoms with Gasteiger partial charge in [-0.3, -0.25) is 13.8 Å². The first-order valence-corrected chi connectivity index (χ1v) is 23.9. The summed E-state index contributed by atoms with van der Waals surface area (Å²) in [5.41, 5.74) is 5.37. The van der Waals surface area contributed by atoms with Crippen LogP contribution in [0.25, 0.3) is 0 Å². The van der Waals surface area contributed by atoms with E-state index in [2.05, 4.69) is 86.8 Å². The minimum absolute atomic E-state index is 0.0908. The van der Waals surface area contributed by atoms with E-state index < -0.39 is 13.9 Å². The largest absolute Gasteiger partial charge is 0.472 e. The lowest BCUT2D eigenvalue weighted by molar-refractivity contribution is -0.154. The number of carbonyl (C=O) groups excluding carboxylic acids is 1. The Labute approximate surface area is 344 Å². The van der Waals surface area contributed by atoms with Gasteiger partial charge in [0.1, 0.15) is 6.10 Å². The van der Waals surface area contributed by atoms with Crippen molar-refractivity contribution in [3.63, 3.8) is 0 Å². The summed E-state index contributed by atoms with van der Waals surface area (Å²) in [5.74, 6) is -0.364. The summed E-state index contributed by atoms with van der Waals surface area (Å²) < 4.78 is 33.4. The highest BCUT2D eigenvalue weighted by atomic mass is 31.2. The predicted molar refractivity (Wildman–Crippen MR) is 238 cm³/mol. The number of ether oxygens (including phenoxy) is 2.